The monoisotopic (exact) mass is 347 g/mol. The lowest BCUT2D eigenvalue weighted by Crippen LogP contribution is -2.47. The average Bonchev–Trinajstić information content (AvgIpc) is 2.54. The summed E-state index contributed by atoms with van der Waals surface area (Å²) in [6.07, 6.45) is 5.83. The van der Waals surface area contributed by atoms with E-state index in [1.54, 1.807) is 0 Å². The van der Waals surface area contributed by atoms with Crippen LogP contribution < -0.4 is 5.32 Å². The molecule has 1 unspecified atom stereocenters. The molecule has 0 aromatic carbocycles. The van der Waals surface area contributed by atoms with Gasteiger partial charge in [0.25, 0.3) is 10.2 Å². The third kappa shape index (κ3) is 6.04. The molecule has 1 heterocycles. The van der Waals surface area contributed by atoms with Crippen LogP contribution in [0.25, 0.3) is 0 Å². The summed E-state index contributed by atoms with van der Waals surface area (Å²) in [6, 6.07) is 0. The summed E-state index contributed by atoms with van der Waals surface area (Å²) in [5, 5.41) is 3.07. The number of hydrogen-bond donors (Lipinski definition) is 1. The number of carbonyl (C=O) groups is 1. The minimum absolute atomic E-state index is 0.0627. The van der Waals surface area contributed by atoms with Gasteiger partial charge in [-0.15, -0.1) is 0 Å². The van der Waals surface area contributed by atoms with Crippen molar-refractivity contribution < 1.29 is 13.2 Å². The molecule has 136 valence electrons. The van der Waals surface area contributed by atoms with Crippen LogP contribution in [0.15, 0.2) is 0 Å². The molecular weight excluding hydrogens is 314 g/mol. The van der Waals surface area contributed by atoms with Crippen LogP contribution in [0.5, 0.6) is 0 Å². The van der Waals surface area contributed by atoms with Gasteiger partial charge in [-0.25, -0.2) is 0 Å². The number of amides is 1. The number of nitrogens with zero attached hydrogens (tertiary/aromatic N) is 2. The minimum atomic E-state index is -3.35. The molecule has 0 spiro atoms. The summed E-state index contributed by atoms with van der Waals surface area (Å²) in [5.41, 5.74) is 0. The highest BCUT2D eigenvalue weighted by Gasteiger charge is 2.32. The summed E-state index contributed by atoms with van der Waals surface area (Å²) in [7, 11) is -0.280. The van der Waals surface area contributed by atoms with Gasteiger partial charge in [-0.05, 0) is 25.2 Å². The fourth-order valence-electron chi connectivity index (χ4n) is 2.91. The first-order valence-corrected chi connectivity index (χ1v) is 10.2. The van der Waals surface area contributed by atoms with E-state index in [0.717, 1.165) is 19.4 Å². The number of unbranched alkanes of at least 4 members (excludes halogenated alkanes) is 1. The van der Waals surface area contributed by atoms with Gasteiger partial charge in [-0.3, -0.25) is 4.79 Å². The van der Waals surface area contributed by atoms with Crippen LogP contribution in [0.3, 0.4) is 0 Å². The SMILES string of the molecule is CCCCC(CC)CNC(=O)C1CCN(S(=O)(=O)N(C)C)CC1. The highest BCUT2D eigenvalue weighted by atomic mass is 32.2. The Bertz CT molecular complexity index is 457. The largest absolute Gasteiger partial charge is 0.356 e. The van der Waals surface area contributed by atoms with Gasteiger partial charge < -0.3 is 5.32 Å². The zero-order valence-corrected chi connectivity index (χ0v) is 15.9. The zero-order chi connectivity index (χ0) is 17.5. The van der Waals surface area contributed by atoms with Crippen LogP contribution in [-0.4, -0.2) is 56.7 Å². The molecule has 1 amide bonds. The highest BCUT2D eigenvalue weighted by molar-refractivity contribution is 7.86. The molecule has 1 aliphatic heterocycles. The van der Waals surface area contributed by atoms with Gasteiger partial charge in [0.05, 0.1) is 0 Å². The summed E-state index contributed by atoms with van der Waals surface area (Å²) in [4.78, 5) is 12.3. The molecule has 0 aromatic heterocycles. The van der Waals surface area contributed by atoms with Gasteiger partial charge in [-0.1, -0.05) is 33.1 Å². The van der Waals surface area contributed by atoms with Gasteiger partial charge in [0.15, 0.2) is 0 Å². The maximum Gasteiger partial charge on any atom is 0.281 e. The molecular formula is C16H33N3O3S. The second kappa shape index (κ2) is 9.59. The van der Waals surface area contributed by atoms with E-state index in [1.807, 2.05) is 0 Å². The molecule has 1 N–H and O–H groups in total. The van der Waals surface area contributed by atoms with Crippen molar-refractivity contribution in [2.75, 3.05) is 33.7 Å². The summed E-state index contributed by atoms with van der Waals surface area (Å²) in [6.45, 7) is 5.93. The first kappa shape index (κ1) is 20.4. The Morgan fingerprint density at radius 3 is 2.35 bits per heavy atom. The Balaban J connectivity index is 2.40. The standard InChI is InChI=1S/C16H33N3O3S/c1-5-7-8-14(6-2)13-17-16(20)15-9-11-19(12-10-15)23(21,22)18(3)4/h14-15H,5-13H2,1-4H3,(H,17,20). The predicted octanol–water partition coefficient (Wildman–Crippen LogP) is 1.84. The van der Waals surface area contributed by atoms with Crippen molar-refractivity contribution in [3.63, 3.8) is 0 Å². The Morgan fingerprint density at radius 2 is 1.87 bits per heavy atom. The van der Waals surface area contributed by atoms with Gasteiger partial charge in [0, 0.05) is 39.6 Å². The molecule has 1 fully saturated rings. The Morgan fingerprint density at radius 1 is 1.26 bits per heavy atom. The second-order valence-corrected chi connectivity index (χ2v) is 8.77. The van der Waals surface area contributed by atoms with Crippen LogP contribution in [0.1, 0.15) is 52.4 Å². The number of hydrogen-bond acceptors (Lipinski definition) is 3. The smallest absolute Gasteiger partial charge is 0.281 e. The van der Waals surface area contributed by atoms with Crippen molar-refractivity contribution in [1.29, 1.82) is 0 Å². The summed E-state index contributed by atoms with van der Waals surface area (Å²) < 4.78 is 26.8. The van der Waals surface area contributed by atoms with Gasteiger partial charge in [-0.2, -0.15) is 17.0 Å². The molecule has 1 rings (SSSR count). The van der Waals surface area contributed by atoms with E-state index in [1.165, 1.54) is 35.5 Å². The lowest BCUT2D eigenvalue weighted by Gasteiger charge is -2.32. The molecule has 0 saturated carbocycles. The van der Waals surface area contributed by atoms with E-state index in [9.17, 15) is 13.2 Å². The number of rotatable bonds is 9. The number of piperidine rings is 1. The molecule has 0 radical (unpaired) electrons. The highest BCUT2D eigenvalue weighted by Crippen LogP contribution is 2.21. The van der Waals surface area contributed by atoms with Gasteiger partial charge >= 0.3 is 0 Å². The van der Waals surface area contributed by atoms with E-state index in [4.69, 9.17) is 0 Å². The normalized spacial score (nSPS) is 19.0. The Hall–Kier alpha value is -0.660. The van der Waals surface area contributed by atoms with Crippen molar-refractivity contribution in [2.24, 2.45) is 11.8 Å². The quantitative estimate of drug-likeness (QED) is 0.692. The molecule has 6 nitrogen and oxygen atoms in total. The van der Waals surface area contributed by atoms with E-state index in [2.05, 4.69) is 19.2 Å². The van der Waals surface area contributed by atoms with Gasteiger partial charge in [0.1, 0.15) is 0 Å². The molecule has 23 heavy (non-hydrogen) atoms. The summed E-state index contributed by atoms with van der Waals surface area (Å²) in [5.74, 6) is 0.572. The summed E-state index contributed by atoms with van der Waals surface area (Å²) >= 11 is 0. The van der Waals surface area contributed by atoms with Gasteiger partial charge in [0.2, 0.25) is 5.91 Å². The average molecular weight is 348 g/mol. The van der Waals surface area contributed by atoms with Crippen LogP contribution >= 0.6 is 0 Å². The van der Waals surface area contributed by atoms with Crippen molar-refractivity contribution in [1.82, 2.24) is 13.9 Å². The van der Waals surface area contributed by atoms with E-state index in [-0.39, 0.29) is 11.8 Å². The maximum absolute atomic E-state index is 12.3. The third-order valence-electron chi connectivity index (χ3n) is 4.72. The van der Waals surface area contributed by atoms with Crippen molar-refractivity contribution in [3.05, 3.63) is 0 Å². The number of nitrogens with one attached hydrogen (secondary N) is 1. The van der Waals surface area contributed by atoms with Crippen LogP contribution in [-0.2, 0) is 15.0 Å². The lowest BCUT2D eigenvalue weighted by atomic mass is 9.95. The van der Waals surface area contributed by atoms with Crippen LogP contribution in [0.2, 0.25) is 0 Å². The molecule has 0 aromatic rings. The van der Waals surface area contributed by atoms with E-state index in [0.29, 0.717) is 31.8 Å². The minimum Gasteiger partial charge on any atom is -0.356 e. The van der Waals surface area contributed by atoms with Crippen LogP contribution in [0.4, 0.5) is 0 Å². The number of carbonyl (C=O) groups excluding carboxylic acids is 1. The first-order valence-electron chi connectivity index (χ1n) is 8.78. The maximum atomic E-state index is 12.3. The third-order valence-corrected chi connectivity index (χ3v) is 6.66. The van der Waals surface area contributed by atoms with Crippen LogP contribution in [0, 0.1) is 11.8 Å². The van der Waals surface area contributed by atoms with E-state index < -0.39 is 10.2 Å². The zero-order valence-electron chi connectivity index (χ0n) is 15.0. The molecule has 7 heteroatoms. The van der Waals surface area contributed by atoms with E-state index >= 15 is 0 Å². The van der Waals surface area contributed by atoms with Crippen molar-refractivity contribution in [3.8, 4) is 0 Å². The Labute approximate surface area is 141 Å². The van der Waals surface area contributed by atoms with Crippen molar-refractivity contribution in [2.45, 2.75) is 52.4 Å². The molecule has 1 aliphatic rings. The predicted molar refractivity (Wildman–Crippen MR) is 93.2 cm³/mol. The molecule has 1 saturated heterocycles. The molecule has 0 bridgehead atoms. The van der Waals surface area contributed by atoms with Crippen molar-refractivity contribution >= 4 is 16.1 Å². The molecule has 0 aliphatic carbocycles. The lowest BCUT2D eigenvalue weighted by molar-refractivity contribution is -0.126. The second-order valence-electron chi connectivity index (χ2n) is 6.63. The fraction of sp³-hybridized carbons (Fsp3) is 0.938. The first-order chi connectivity index (χ1) is 10.8. The Kier molecular flexibility index (Phi) is 8.50. The topological polar surface area (TPSA) is 69.7 Å². The molecule has 1 atom stereocenters. The fourth-order valence-corrected chi connectivity index (χ4v) is 4.05.